The summed E-state index contributed by atoms with van der Waals surface area (Å²) in [7, 11) is 0. The van der Waals surface area contributed by atoms with Crippen LogP contribution in [0.5, 0.6) is 0 Å². The third-order valence-electron chi connectivity index (χ3n) is 1.79. The molecule has 0 heterocycles. The lowest BCUT2D eigenvalue weighted by Gasteiger charge is -1.98. The van der Waals surface area contributed by atoms with Gasteiger partial charge in [0.15, 0.2) is 0 Å². The van der Waals surface area contributed by atoms with Gasteiger partial charge in [0.25, 0.3) is 0 Å². The molecule has 0 atom stereocenters. The highest BCUT2D eigenvalue weighted by Gasteiger charge is 2.15. The van der Waals surface area contributed by atoms with Crippen molar-refractivity contribution >= 4 is 11.6 Å². The Morgan fingerprint density at radius 1 is 0.833 bits per heavy atom. The summed E-state index contributed by atoms with van der Waals surface area (Å²) in [5, 5.41) is 0. The highest BCUT2D eigenvalue weighted by molar-refractivity contribution is 6.48. The summed E-state index contributed by atoms with van der Waals surface area (Å²) >= 11 is 0. The van der Waals surface area contributed by atoms with Crippen molar-refractivity contribution in [1.82, 2.24) is 0 Å². The zero-order valence-electron chi connectivity index (χ0n) is 7.97. The predicted molar refractivity (Wildman–Crippen MR) is 48.9 cm³/mol. The van der Waals surface area contributed by atoms with E-state index < -0.39 is 11.6 Å². The number of carbonyl (C=O) groups excluding carboxylic acids is 2. The van der Waals surface area contributed by atoms with E-state index in [1.54, 1.807) is 39.8 Å². The second-order valence-electron chi connectivity index (χ2n) is 2.60. The van der Waals surface area contributed by atoms with Crippen LogP contribution >= 0.6 is 0 Å². The van der Waals surface area contributed by atoms with Gasteiger partial charge in [-0.25, -0.2) is 0 Å². The largest absolute Gasteiger partial charge is 0.285 e. The van der Waals surface area contributed by atoms with Crippen LogP contribution in [0.1, 0.15) is 27.7 Å². The Morgan fingerprint density at radius 2 is 1.08 bits per heavy atom. The van der Waals surface area contributed by atoms with Crippen molar-refractivity contribution in [2.24, 2.45) is 0 Å². The Kier molecular flexibility index (Phi) is 4.19. The number of hydrogen-bond donors (Lipinski definition) is 0. The molecule has 0 aliphatic heterocycles. The number of allylic oxidation sites excluding steroid dienone is 4. The van der Waals surface area contributed by atoms with E-state index in [-0.39, 0.29) is 0 Å². The molecule has 0 rings (SSSR count). The Hall–Kier alpha value is -1.18. The maximum absolute atomic E-state index is 11.2. The molecule has 0 bridgehead atoms. The fourth-order valence-electron chi connectivity index (χ4n) is 0.620. The molecule has 0 aromatic rings. The molecule has 12 heavy (non-hydrogen) atoms. The molecule has 0 aromatic carbocycles. The normalized spacial score (nSPS) is 13.0. The van der Waals surface area contributed by atoms with Gasteiger partial charge in [-0.1, -0.05) is 12.2 Å². The summed E-state index contributed by atoms with van der Waals surface area (Å²) in [5.74, 6) is -0.818. The van der Waals surface area contributed by atoms with Gasteiger partial charge < -0.3 is 0 Å². The highest BCUT2D eigenvalue weighted by Crippen LogP contribution is 2.02. The van der Waals surface area contributed by atoms with Crippen LogP contribution in [0.15, 0.2) is 23.3 Å². The smallest absolute Gasteiger partial charge is 0.228 e. The molecule has 0 N–H and O–H groups in total. The van der Waals surface area contributed by atoms with Crippen LogP contribution in [0, 0.1) is 0 Å². The second kappa shape index (κ2) is 4.65. The van der Waals surface area contributed by atoms with Gasteiger partial charge in [-0.3, -0.25) is 9.59 Å². The molecular weight excluding hydrogens is 152 g/mol. The van der Waals surface area contributed by atoms with Crippen molar-refractivity contribution in [3.05, 3.63) is 23.3 Å². The van der Waals surface area contributed by atoms with Crippen LogP contribution in [0.2, 0.25) is 0 Å². The van der Waals surface area contributed by atoms with Gasteiger partial charge in [0.05, 0.1) is 0 Å². The average Bonchev–Trinajstić information content (AvgIpc) is 2.12. The molecule has 2 heteroatoms. The van der Waals surface area contributed by atoms with E-state index in [0.29, 0.717) is 11.1 Å². The Labute approximate surface area is 73.0 Å². The van der Waals surface area contributed by atoms with Gasteiger partial charge in [0, 0.05) is 0 Å². The Morgan fingerprint density at radius 3 is 1.25 bits per heavy atom. The number of carbonyl (C=O) groups is 2. The molecule has 0 spiro atoms. The highest BCUT2D eigenvalue weighted by atomic mass is 16.2. The van der Waals surface area contributed by atoms with E-state index in [9.17, 15) is 9.59 Å². The van der Waals surface area contributed by atoms with Gasteiger partial charge in [-0.05, 0) is 38.8 Å². The molecular formula is C10H14O2. The average molecular weight is 166 g/mol. The summed E-state index contributed by atoms with van der Waals surface area (Å²) in [6.45, 7) is 6.77. The topological polar surface area (TPSA) is 34.1 Å². The van der Waals surface area contributed by atoms with Gasteiger partial charge >= 0.3 is 0 Å². The van der Waals surface area contributed by atoms with E-state index in [0.717, 1.165) is 0 Å². The van der Waals surface area contributed by atoms with Crippen LogP contribution in [0.4, 0.5) is 0 Å². The van der Waals surface area contributed by atoms with Gasteiger partial charge in [-0.15, -0.1) is 0 Å². The SMILES string of the molecule is C/C=C(\C)C(=O)C(=O)/C(C)=C/C. The van der Waals surface area contributed by atoms with Crippen LogP contribution in [-0.4, -0.2) is 11.6 Å². The number of Topliss-reactive ketones (excluding diaryl/α,β-unsaturated/α-hetero) is 2. The van der Waals surface area contributed by atoms with E-state index in [2.05, 4.69) is 0 Å². The second-order valence-corrected chi connectivity index (χ2v) is 2.60. The maximum atomic E-state index is 11.2. The van der Waals surface area contributed by atoms with Crippen LogP contribution in [-0.2, 0) is 9.59 Å². The first-order valence-electron chi connectivity index (χ1n) is 3.89. The monoisotopic (exact) mass is 166 g/mol. The first-order valence-corrected chi connectivity index (χ1v) is 3.89. The van der Waals surface area contributed by atoms with Crippen molar-refractivity contribution in [3.63, 3.8) is 0 Å². The summed E-state index contributed by atoms with van der Waals surface area (Å²) in [5.41, 5.74) is 1.00. The lowest BCUT2D eigenvalue weighted by atomic mass is 10.0. The van der Waals surface area contributed by atoms with E-state index >= 15 is 0 Å². The number of rotatable bonds is 3. The fraction of sp³-hybridized carbons (Fsp3) is 0.400. The molecule has 0 aromatic heterocycles. The number of ketones is 2. The minimum atomic E-state index is -0.409. The molecule has 0 saturated carbocycles. The van der Waals surface area contributed by atoms with Crippen molar-refractivity contribution in [2.75, 3.05) is 0 Å². The van der Waals surface area contributed by atoms with Crippen molar-refractivity contribution in [2.45, 2.75) is 27.7 Å². The zero-order valence-corrected chi connectivity index (χ0v) is 7.97. The molecule has 0 saturated heterocycles. The Bertz CT molecular complexity index is 229. The molecule has 0 unspecified atom stereocenters. The standard InChI is InChI=1S/C10H14O2/c1-5-7(3)9(11)10(12)8(4)6-2/h5-6H,1-4H3/b7-5+,8-6+. The summed E-state index contributed by atoms with van der Waals surface area (Å²) in [6, 6.07) is 0. The van der Waals surface area contributed by atoms with Crippen LogP contribution < -0.4 is 0 Å². The van der Waals surface area contributed by atoms with Crippen molar-refractivity contribution < 1.29 is 9.59 Å². The maximum Gasteiger partial charge on any atom is 0.228 e. The van der Waals surface area contributed by atoms with Crippen molar-refractivity contribution in [1.29, 1.82) is 0 Å². The van der Waals surface area contributed by atoms with E-state index in [4.69, 9.17) is 0 Å². The molecule has 0 amide bonds. The zero-order chi connectivity index (χ0) is 9.72. The molecule has 0 radical (unpaired) electrons. The summed E-state index contributed by atoms with van der Waals surface area (Å²) < 4.78 is 0. The van der Waals surface area contributed by atoms with Gasteiger partial charge in [0.1, 0.15) is 0 Å². The minimum absolute atomic E-state index is 0.409. The van der Waals surface area contributed by atoms with Gasteiger partial charge in [-0.2, -0.15) is 0 Å². The lowest BCUT2D eigenvalue weighted by molar-refractivity contribution is -0.132. The molecule has 2 nitrogen and oxygen atoms in total. The predicted octanol–water partition coefficient (Wildman–Crippen LogP) is 2.06. The molecule has 0 aliphatic rings. The van der Waals surface area contributed by atoms with Crippen molar-refractivity contribution in [3.8, 4) is 0 Å². The van der Waals surface area contributed by atoms with E-state index in [1.165, 1.54) is 0 Å². The fourth-order valence-corrected chi connectivity index (χ4v) is 0.620. The quantitative estimate of drug-likeness (QED) is 0.475. The molecule has 0 fully saturated rings. The third-order valence-corrected chi connectivity index (χ3v) is 1.79. The van der Waals surface area contributed by atoms with E-state index in [1.807, 2.05) is 0 Å². The molecule has 0 aliphatic carbocycles. The third kappa shape index (κ3) is 2.46. The lowest BCUT2D eigenvalue weighted by Crippen LogP contribution is -2.15. The van der Waals surface area contributed by atoms with Gasteiger partial charge in [0.2, 0.25) is 11.6 Å². The first kappa shape index (κ1) is 10.8. The summed E-state index contributed by atoms with van der Waals surface area (Å²) in [4.78, 5) is 22.4. The first-order chi connectivity index (χ1) is 5.54. The minimum Gasteiger partial charge on any atom is -0.285 e. The molecule has 66 valence electrons. The Balaban J connectivity index is 4.64. The van der Waals surface area contributed by atoms with Crippen LogP contribution in [0.25, 0.3) is 0 Å². The summed E-state index contributed by atoms with van der Waals surface area (Å²) in [6.07, 6.45) is 3.28. The van der Waals surface area contributed by atoms with Crippen LogP contribution in [0.3, 0.4) is 0 Å². The number of hydrogen-bond acceptors (Lipinski definition) is 2.